The lowest BCUT2D eigenvalue weighted by Gasteiger charge is -2.10. The highest BCUT2D eigenvalue weighted by Gasteiger charge is 2.19. The number of hydrogen-bond donors (Lipinski definition) is 0. The van der Waals surface area contributed by atoms with Crippen LogP contribution in [0, 0.1) is 0 Å². The molecule has 8 heteroatoms. The molecule has 0 saturated heterocycles. The van der Waals surface area contributed by atoms with E-state index in [1.165, 1.54) is 25.1 Å². The molecule has 0 bridgehead atoms. The molecule has 0 aliphatic rings. The number of thioether (sulfide) groups is 1. The van der Waals surface area contributed by atoms with Crippen LogP contribution in [0.2, 0.25) is 0 Å². The van der Waals surface area contributed by atoms with Gasteiger partial charge in [0.1, 0.15) is 5.75 Å². The number of methoxy groups -OCH3 is 2. The first-order valence-electron chi connectivity index (χ1n) is 8.03. The molecule has 3 rings (SSSR count). The first-order valence-corrected chi connectivity index (χ1v) is 9.02. The van der Waals surface area contributed by atoms with Gasteiger partial charge in [0.05, 0.1) is 26.0 Å². The minimum atomic E-state index is -0.489. The van der Waals surface area contributed by atoms with Crippen LogP contribution in [0.1, 0.15) is 23.0 Å². The van der Waals surface area contributed by atoms with E-state index in [4.69, 9.17) is 13.9 Å². The molecule has 2 heterocycles. The van der Waals surface area contributed by atoms with E-state index in [0.717, 1.165) is 27.9 Å². The number of carbonyl (C=O) groups is 1. The fourth-order valence-electron chi connectivity index (χ4n) is 2.57. The molecule has 0 unspecified atom stereocenters. The number of rotatable bonds is 7. The molecule has 2 aromatic heterocycles. The third-order valence-corrected chi connectivity index (χ3v) is 4.87. The molecule has 0 aliphatic heterocycles. The van der Waals surface area contributed by atoms with Crippen molar-refractivity contribution in [1.29, 1.82) is 0 Å². The summed E-state index contributed by atoms with van der Waals surface area (Å²) >= 11 is 1.48. The summed E-state index contributed by atoms with van der Waals surface area (Å²) in [6.45, 7) is 2.74. The summed E-state index contributed by atoms with van der Waals surface area (Å²) in [5, 5.41) is 9.40. The summed E-state index contributed by atoms with van der Waals surface area (Å²) in [4.78, 5) is 11.7. The number of nitrogens with zero attached hydrogens (tertiary/aromatic N) is 3. The van der Waals surface area contributed by atoms with E-state index >= 15 is 0 Å². The van der Waals surface area contributed by atoms with Gasteiger partial charge in [-0.15, -0.1) is 10.2 Å². The van der Waals surface area contributed by atoms with Gasteiger partial charge in [-0.1, -0.05) is 23.9 Å². The van der Waals surface area contributed by atoms with Gasteiger partial charge in [-0.05, 0) is 25.1 Å². The predicted molar refractivity (Wildman–Crippen MR) is 97.3 cm³/mol. The average molecular weight is 373 g/mol. The van der Waals surface area contributed by atoms with Crippen LogP contribution in [0.3, 0.4) is 0 Å². The van der Waals surface area contributed by atoms with Gasteiger partial charge in [0.2, 0.25) is 5.76 Å². The van der Waals surface area contributed by atoms with Crippen LogP contribution in [0.25, 0.3) is 11.4 Å². The normalized spacial score (nSPS) is 10.7. The first-order chi connectivity index (χ1) is 12.7. The lowest BCUT2D eigenvalue weighted by Crippen LogP contribution is -2.03. The van der Waals surface area contributed by atoms with Crippen LogP contribution in [0.5, 0.6) is 5.75 Å². The van der Waals surface area contributed by atoms with Crippen LogP contribution < -0.4 is 4.74 Å². The van der Waals surface area contributed by atoms with E-state index in [1.807, 2.05) is 35.8 Å². The van der Waals surface area contributed by atoms with Crippen LogP contribution >= 0.6 is 11.8 Å². The number of furan rings is 1. The minimum Gasteiger partial charge on any atom is -0.496 e. The summed E-state index contributed by atoms with van der Waals surface area (Å²) in [7, 11) is 2.96. The highest BCUT2D eigenvalue weighted by molar-refractivity contribution is 7.98. The Kier molecular flexibility index (Phi) is 5.62. The van der Waals surface area contributed by atoms with Gasteiger partial charge in [0.25, 0.3) is 0 Å². The molecule has 3 aromatic rings. The van der Waals surface area contributed by atoms with Crippen molar-refractivity contribution in [3.8, 4) is 17.1 Å². The van der Waals surface area contributed by atoms with Crippen LogP contribution in [-0.4, -0.2) is 35.0 Å². The Morgan fingerprint density at radius 3 is 2.77 bits per heavy atom. The lowest BCUT2D eigenvalue weighted by atomic mass is 10.2. The fourth-order valence-corrected chi connectivity index (χ4v) is 3.55. The zero-order valence-electron chi connectivity index (χ0n) is 14.8. The SMILES string of the molecule is CCn1c(SCc2ccoc2C(=O)OC)nnc1-c1ccccc1OC. The minimum absolute atomic E-state index is 0.215. The van der Waals surface area contributed by atoms with Gasteiger partial charge in [-0.25, -0.2) is 4.79 Å². The van der Waals surface area contributed by atoms with Crippen molar-refractivity contribution in [3.05, 3.63) is 47.9 Å². The molecule has 0 aliphatic carbocycles. The van der Waals surface area contributed by atoms with Crippen LogP contribution in [-0.2, 0) is 17.0 Å². The molecule has 7 nitrogen and oxygen atoms in total. The summed E-state index contributed by atoms with van der Waals surface area (Å²) in [5.74, 6) is 1.73. The summed E-state index contributed by atoms with van der Waals surface area (Å²) in [6, 6.07) is 9.46. The Balaban J connectivity index is 1.86. The molecule has 1 aromatic carbocycles. The number of hydrogen-bond acceptors (Lipinski definition) is 7. The average Bonchev–Trinajstić information content (AvgIpc) is 3.31. The second-order valence-electron chi connectivity index (χ2n) is 5.31. The second kappa shape index (κ2) is 8.09. The lowest BCUT2D eigenvalue weighted by molar-refractivity contribution is 0.0564. The Hall–Kier alpha value is -2.74. The molecular weight excluding hydrogens is 354 g/mol. The van der Waals surface area contributed by atoms with Crippen molar-refractivity contribution in [2.75, 3.05) is 14.2 Å². The number of esters is 1. The van der Waals surface area contributed by atoms with E-state index < -0.39 is 5.97 Å². The Morgan fingerprint density at radius 2 is 2.04 bits per heavy atom. The third-order valence-electron chi connectivity index (χ3n) is 3.86. The fraction of sp³-hybridized carbons (Fsp3) is 0.278. The van der Waals surface area contributed by atoms with E-state index in [1.54, 1.807) is 13.2 Å². The van der Waals surface area contributed by atoms with Crippen molar-refractivity contribution in [2.24, 2.45) is 0 Å². The van der Waals surface area contributed by atoms with Gasteiger partial charge in [-0.3, -0.25) is 0 Å². The third kappa shape index (κ3) is 3.45. The molecule has 26 heavy (non-hydrogen) atoms. The molecule has 0 amide bonds. The van der Waals surface area contributed by atoms with Gasteiger partial charge < -0.3 is 18.5 Å². The number of aromatic nitrogens is 3. The topological polar surface area (TPSA) is 79.4 Å². The van der Waals surface area contributed by atoms with Crippen LogP contribution in [0.15, 0.2) is 46.2 Å². The van der Waals surface area contributed by atoms with Gasteiger partial charge >= 0.3 is 5.97 Å². The van der Waals surface area contributed by atoms with E-state index in [0.29, 0.717) is 12.3 Å². The van der Waals surface area contributed by atoms with E-state index in [-0.39, 0.29) is 5.76 Å². The smallest absolute Gasteiger partial charge is 0.374 e. The van der Waals surface area contributed by atoms with Gasteiger partial charge in [0, 0.05) is 17.9 Å². The molecule has 0 N–H and O–H groups in total. The van der Waals surface area contributed by atoms with Crippen molar-refractivity contribution >= 4 is 17.7 Å². The van der Waals surface area contributed by atoms with Gasteiger partial charge in [-0.2, -0.15) is 0 Å². The molecule has 0 atom stereocenters. The first kappa shape index (κ1) is 18.1. The standard InChI is InChI=1S/C18H19N3O4S/c1-4-21-16(13-7-5-6-8-14(13)23-2)19-20-18(21)26-11-12-9-10-25-15(12)17(22)24-3/h5-10H,4,11H2,1-3H3. The molecule has 0 fully saturated rings. The largest absolute Gasteiger partial charge is 0.496 e. The quantitative estimate of drug-likeness (QED) is 0.462. The Morgan fingerprint density at radius 1 is 1.23 bits per heavy atom. The molecule has 136 valence electrons. The van der Waals surface area contributed by atoms with Gasteiger partial charge in [0.15, 0.2) is 11.0 Å². The van der Waals surface area contributed by atoms with Crippen LogP contribution in [0.4, 0.5) is 0 Å². The van der Waals surface area contributed by atoms with E-state index in [2.05, 4.69) is 10.2 Å². The van der Waals surface area contributed by atoms with Crippen molar-refractivity contribution in [1.82, 2.24) is 14.8 Å². The highest BCUT2D eigenvalue weighted by Crippen LogP contribution is 2.32. The summed E-state index contributed by atoms with van der Waals surface area (Å²) in [5.41, 5.74) is 1.64. The zero-order valence-corrected chi connectivity index (χ0v) is 15.6. The number of benzene rings is 1. The number of carbonyl (C=O) groups excluding carboxylic acids is 1. The molecular formula is C18H19N3O4S. The van der Waals surface area contributed by atoms with Crippen molar-refractivity contribution in [3.63, 3.8) is 0 Å². The summed E-state index contributed by atoms with van der Waals surface area (Å²) < 4.78 is 17.4. The number of para-hydroxylation sites is 1. The highest BCUT2D eigenvalue weighted by atomic mass is 32.2. The summed E-state index contributed by atoms with van der Waals surface area (Å²) in [6.07, 6.45) is 1.48. The maximum atomic E-state index is 11.7. The zero-order chi connectivity index (χ0) is 18.5. The van der Waals surface area contributed by atoms with Crippen molar-refractivity contribution < 1.29 is 18.7 Å². The molecule has 0 radical (unpaired) electrons. The Labute approximate surface area is 155 Å². The Bertz CT molecular complexity index is 903. The monoisotopic (exact) mass is 373 g/mol. The molecule has 0 saturated carbocycles. The maximum absolute atomic E-state index is 11.7. The molecule has 0 spiro atoms. The number of ether oxygens (including phenoxy) is 2. The van der Waals surface area contributed by atoms with Crippen molar-refractivity contribution in [2.45, 2.75) is 24.4 Å². The predicted octanol–water partition coefficient (Wildman–Crippen LogP) is 3.65. The van der Waals surface area contributed by atoms with E-state index in [9.17, 15) is 4.79 Å². The maximum Gasteiger partial charge on any atom is 0.374 e. The second-order valence-corrected chi connectivity index (χ2v) is 6.25.